The Kier molecular flexibility index (Phi) is 9.86. The molecular weight excluding hydrogens is 276 g/mol. The van der Waals surface area contributed by atoms with Gasteiger partial charge in [0, 0.05) is 13.1 Å². The van der Waals surface area contributed by atoms with Gasteiger partial charge < -0.3 is 15.4 Å². The molecule has 1 amide bonds. The van der Waals surface area contributed by atoms with E-state index < -0.39 is 6.10 Å². The van der Waals surface area contributed by atoms with Crippen LogP contribution in [-0.2, 0) is 4.79 Å². The van der Waals surface area contributed by atoms with Crippen molar-refractivity contribution < 1.29 is 9.53 Å². The van der Waals surface area contributed by atoms with Crippen LogP contribution in [0.1, 0.15) is 25.8 Å². The normalized spacial score (nSPS) is 11.3. The van der Waals surface area contributed by atoms with E-state index in [1.807, 2.05) is 45.0 Å². The lowest BCUT2D eigenvalue weighted by molar-refractivity contribution is -0.128. The number of ether oxygens (including phenoxy) is 1. The molecule has 0 aliphatic heterocycles. The number of amides is 1. The van der Waals surface area contributed by atoms with Crippen molar-refractivity contribution in [1.82, 2.24) is 10.6 Å². The number of likely N-dealkylation sites (N-methyl/N-ethyl adjacent to an activating group) is 1. The van der Waals surface area contributed by atoms with Crippen LogP contribution in [0.15, 0.2) is 24.3 Å². The van der Waals surface area contributed by atoms with Gasteiger partial charge in [-0.15, -0.1) is 12.4 Å². The number of hydrogen-bond donors (Lipinski definition) is 2. The van der Waals surface area contributed by atoms with Gasteiger partial charge in [-0.3, -0.25) is 4.79 Å². The van der Waals surface area contributed by atoms with Crippen molar-refractivity contribution in [2.45, 2.75) is 33.3 Å². The van der Waals surface area contributed by atoms with Crippen molar-refractivity contribution >= 4 is 18.3 Å². The average Bonchev–Trinajstić information content (AvgIpc) is 2.42. The zero-order chi connectivity index (χ0) is 14.1. The fraction of sp³-hybridized carbons (Fsp3) is 0.533. The molecule has 0 spiro atoms. The van der Waals surface area contributed by atoms with E-state index in [0.29, 0.717) is 13.0 Å². The monoisotopic (exact) mass is 300 g/mol. The topological polar surface area (TPSA) is 50.4 Å². The highest BCUT2D eigenvalue weighted by Crippen LogP contribution is 2.18. The smallest absolute Gasteiger partial charge is 0.261 e. The summed E-state index contributed by atoms with van der Waals surface area (Å²) in [6.45, 7) is 8.28. The molecule has 1 aromatic rings. The first kappa shape index (κ1) is 18.7. The van der Waals surface area contributed by atoms with Gasteiger partial charge in [0.05, 0.1) is 0 Å². The minimum atomic E-state index is -0.428. The van der Waals surface area contributed by atoms with Crippen molar-refractivity contribution in [3.05, 3.63) is 29.8 Å². The van der Waals surface area contributed by atoms with Crippen LogP contribution < -0.4 is 15.4 Å². The van der Waals surface area contributed by atoms with E-state index in [9.17, 15) is 4.79 Å². The number of nitrogens with one attached hydrogen (secondary N) is 2. The maximum absolute atomic E-state index is 12.0. The first-order valence-electron chi connectivity index (χ1n) is 6.89. The summed E-state index contributed by atoms with van der Waals surface area (Å²) >= 11 is 0. The van der Waals surface area contributed by atoms with Crippen LogP contribution in [0, 0.1) is 6.92 Å². The van der Waals surface area contributed by atoms with E-state index >= 15 is 0 Å². The van der Waals surface area contributed by atoms with Crippen LogP contribution >= 0.6 is 12.4 Å². The molecule has 1 rings (SSSR count). The van der Waals surface area contributed by atoms with Gasteiger partial charge in [-0.25, -0.2) is 0 Å². The van der Waals surface area contributed by atoms with Gasteiger partial charge in [0.15, 0.2) is 6.10 Å². The van der Waals surface area contributed by atoms with Crippen LogP contribution in [0.3, 0.4) is 0 Å². The summed E-state index contributed by atoms with van der Waals surface area (Å²) in [6.07, 6.45) is 0.226. The second kappa shape index (κ2) is 10.5. The third-order valence-corrected chi connectivity index (χ3v) is 2.88. The second-order valence-corrected chi connectivity index (χ2v) is 4.42. The zero-order valence-corrected chi connectivity index (χ0v) is 13.3. The van der Waals surface area contributed by atoms with Gasteiger partial charge in [0.2, 0.25) is 0 Å². The molecular formula is C15H25ClN2O2. The number of rotatable bonds is 8. The zero-order valence-electron chi connectivity index (χ0n) is 12.4. The summed E-state index contributed by atoms with van der Waals surface area (Å²) in [5.74, 6) is 0.722. The molecule has 1 unspecified atom stereocenters. The maximum Gasteiger partial charge on any atom is 0.261 e. The standard InChI is InChI=1S/C15H24N2O2.ClH/c1-4-13(15(18)17-11-10-16-5-2)19-14-9-7-6-8-12(14)3;/h6-9,13,16H,4-5,10-11H2,1-3H3,(H,17,18);1H. The van der Waals surface area contributed by atoms with E-state index in [4.69, 9.17) is 4.74 Å². The predicted octanol–water partition coefficient (Wildman–Crippen LogP) is 2.30. The van der Waals surface area contributed by atoms with E-state index in [-0.39, 0.29) is 18.3 Å². The van der Waals surface area contributed by atoms with Gasteiger partial charge >= 0.3 is 0 Å². The second-order valence-electron chi connectivity index (χ2n) is 4.42. The largest absolute Gasteiger partial charge is 0.480 e. The molecule has 4 nitrogen and oxygen atoms in total. The molecule has 1 aromatic carbocycles. The van der Waals surface area contributed by atoms with Crippen molar-refractivity contribution in [3.8, 4) is 5.75 Å². The summed E-state index contributed by atoms with van der Waals surface area (Å²) in [4.78, 5) is 12.0. The third kappa shape index (κ3) is 6.26. The third-order valence-electron chi connectivity index (χ3n) is 2.88. The number of carbonyl (C=O) groups is 1. The number of carbonyl (C=O) groups excluding carboxylic acids is 1. The Bertz CT molecular complexity index is 399. The lowest BCUT2D eigenvalue weighted by atomic mass is 10.2. The molecule has 0 heterocycles. The van der Waals surface area contributed by atoms with Crippen LogP contribution in [0.5, 0.6) is 5.75 Å². The lowest BCUT2D eigenvalue weighted by Crippen LogP contribution is -2.41. The molecule has 114 valence electrons. The van der Waals surface area contributed by atoms with Gasteiger partial charge in [-0.1, -0.05) is 32.0 Å². The Hall–Kier alpha value is -1.26. The van der Waals surface area contributed by atoms with E-state index in [0.717, 1.165) is 24.4 Å². The van der Waals surface area contributed by atoms with Crippen molar-refractivity contribution in [2.24, 2.45) is 0 Å². The minimum Gasteiger partial charge on any atom is -0.480 e. The minimum absolute atomic E-state index is 0. The molecule has 0 radical (unpaired) electrons. The molecule has 5 heteroatoms. The van der Waals surface area contributed by atoms with Gasteiger partial charge in [-0.05, 0) is 31.5 Å². The molecule has 0 bridgehead atoms. The highest BCUT2D eigenvalue weighted by atomic mass is 35.5. The van der Waals surface area contributed by atoms with Gasteiger partial charge in [-0.2, -0.15) is 0 Å². The molecule has 2 N–H and O–H groups in total. The van der Waals surface area contributed by atoms with Crippen LogP contribution in [0.25, 0.3) is 0 Å². The molecule has 20 heavy (non-hydrogen) atoms. The molecule has 0 fully saturated rings. The van der Waals surface area contributed by atoms with E-state index in [2.05, 4.69) is 10.6 Å². The number of para-hydroxylation sites is 1. The summed E-state index contributed by atoms with van der Waals surface area (Å²) in [6, 6.07) is 7.74. The van der Waals surface area contributed by atoms with E-state index in [1.54, 1.807) is 0 Å². The molecule has 0 saturated heterocycles. The molecule has 0 saturated carbocycles. The quantitative estimate of drug-likeness (QED) is 0.724. The number of benzene rings is 1. The highest BCUT2D eigenvalue weighted by molar-refractivity contribution is 5.85. The molecule has 0 aromatic heterocycles. The lowest BCUT2D eigenvalue weighted by Gasteiger charge is -2.18. The predicted molar refractivity (Wildman–Crippen MR) is 84.7 cm³/mol. The average molecular weight is 301 g/mol. The Labute approximate surface area is 127 Å². The van der Waals surface area contributed by atoms with E-state index in [1.165, 1.54) is 0 Å². The molecule has 1 atom stereocenters. The van der Waals surface area contributed by atoms with Gasteiger partial charge in [0.25, 0.3) is 5.91 Å². The maximum atomic E-state index is 12.0. The van der Waals surface area contributed by atoms with Crippen molar-refractivity contribution in [3.63, 3.8) is 0 Å². The summed E-state index contributed by atoms with van der Waals surface area (Å²) < 4.78 is 5.78. The fourth-order valence-corrected chi connectivity index (χ4v) is 1.73. The SMILES string of the molecule is CCNCCNC(=O)C(CC)Oc1ccccc1C.Cl. The summed E-state index contributed by atoms with van der Waals surface area (Å²) in [7, 11) is 0. The Morgan fingerprint density at radius 1 is 1.25 bits per heavy atom. The summed E-state index contributed by atoms with van der Waals surface area (Å²) in [5.41, 5.74) is 1.04. The Morgan fingerprint density at radius 3 is 2.55 bits per heavy atom. The van der Waals surface area contributed by atoms with Crippen LogP contribution in [0.4, 0.5) is 0 Å². The molecule has 0 aliphatic rings. The van der Waals surface area contributed by atoms with Crippen LogP contribution in [0.2, 0.25) is 0 Å². The highest BCUT2D eigenvalue weighted by Gasteiger charge is 2.18. The number of halogens is 1. The van der Waals surface area contributed by atoms with Crippen molar-refractivity contribution in [1.29, 1.82) is 0 Å². The Morgan fingerprint density at radius 2 is 1.95 bits per heavy atom. The fourth-order valence-electron chi connectivity index (χ4n) is 1.73. The van der Waals surface area contributed by atoms with Crippen molar-refractivity contribution in [2.75, 3.05) is 19.6 Å². The molecule has 0 aliphatic carbocycles. The summed E-state index contributed by atoms with van der Waals surface area (Å²) in [5, 5.41) is 6.05. The van der Waals surface area contributed by atoms with Gasteiger partial charge in [0.1, 0.15) is 5.75 Å². The number of aryl methyl sites for hydroxylation is 1. The first-order chi connectivity index (χ1) is 9.19. The van der Waals surface area contributed by atoms with Crippen LogP contribution in [-0.4, -0.2) is 31.6 Å². The Balaban J connectivity index is 0.00000361. The number of hydrogen-bond acceptors (Lipinski definition) is 3. The first-order valence-corrected chi connectivity index (χ1v) is 6.89.